The number of benzene rings is 2. The Bertz CT molecular complexity index is 803. The molecule has 0 radical (unpaired) electrons. The molecule has 1 unspecified atom stereocenters. The van der Waals surface area contributed by atoms with Crippen molar-refractivity contribution >= 4 is 9.84 Å². The van der Waals surface area contributed by atoms with E-state index in [9.17, 15) is 8.42 Å². The van der Waals surface area contributed by atoms with Gasteiger partial charge >= 0.3 is 0 Å². The molecule has 0 aromatic heterocycles. The molecule has 0 amide bonds. The summed E-state index contributed by atoms with van der Waals surface area (Å²) in [6, 6.07) is 13.5. The summed E-state index contributed by atoms with van der Waals surface area (Å²) in [5.74, 6) is 1.04. The fourth-order valence-electron chi connectivity index (χ4n) is 2.47. The van der Waals surface area contributed by atoms with Crippen LogP contribution in [0.1, 0.15) is 13.8 Å². The molecule has 6 heteroatoms. The van der Waals surface area contributed by atoms with Crippen molar-refractivity contribution in [2.45, 2.75) is 35.8 Å². The van der Waals surface area contributed by atoms with Gasteiger partial charge in [-0.15, -0.1) is 0 Å². The van der Waals surface area contributed by atoms with E-state index in [4.69, 9.17) is 9.47 Å². The summed E-state index contributed by atoms with van der Waals surface area (Å²) < 4.78 is 37.0. The highest BCUT2D eigenvalue weighted by Crippen LogP contribution is 2.35. The SMILES string of the molecule is CC(C)NCC1COc2ccc(S(=O)(=O)c3ccccc3)cc2O1. The zero-order chi connectivity index (χ0) is 17.2. The topological polar surface area (TPSA) is 64.6 Å². The van der Waals surface area contributed by atoms with Gasteiger partial charge < -0.3 is 14.8 Å². The summed E-state index contributed by atoms with van der Waals surface area (Å²) in [5, 5.41) is 3.29. The van der Waals surface area contributed by atoms with Crippen LogP contribution in [0.15, 0.2) is 58.3 Å². The van der Waals surface area contributed by atoms with Gasteiger partial charge in [-0.05, 0) is 24.3 Å². The minimum Gasteiger partial charge on any atom is -0.486 e. The standard InChI is InChI=1S/C18H21NO4S/c1-13(2)19-11-14-12-22-17-9-8-16(10-18(17)23-14)24(20,21)15-6-4-3-5-7-15/h3-10,13-14,19H,11-12H2,1-2H3. The van der Waals surface area contributed by atoms with E-state index in [1.165, 1.54) is 0 Å². The largest absolute Gasteiger partial charge is 0.486 e. The molecule has 0 fully saturated rings. The maximum absolute atomic E-state index is 12.7. The van der Waals surface area contributed by atoms with E-state index >= 15 is 0 Å². The summed E-state index contributed by atoms with van der Waals surface area (Å²) in [7, 11) is -3.57. The molecule has 1 atom stereocenters. The van der Waals surface area contributed by atoms with E-state index < -0.39 is 9.84 Å². The first-order valence-electron chi connectivity index (χ1n) is 7.94. The average Bonchev–Trinajstić information content (AvgIpc) is 2.60. The number of sulfone groups is 1. The number of nitrogens with one attached hydrogen (secondary N) is 1. The van der Waals surface area contributed by atoms with Gasteiger partial charge in [0.2, 0.25) is 9.84 Å². The normalized spacial score (nSPS) is 17.0. The molecule has 1 aliphatic heterocycles. The lowest BCUT2D eigenvalue weighted by Crippen LogP contribution is -2.40. The molecule has 0 spiro atoms. The van der Waals surface area contributed by atoms with E-state index in [2.05, 4.69) is 19.2 Å². The lowest BCUT2D eigenvalue weighted by Gasteiger charge is -2.27. The van der Waals surface area contributed by atoms with Crippen molar-refractivity contribution < 1.29 is 17.9 Å². The third kappa shape index (κ3) is 3.55. The van der Waals surface area contributed by atoms with Crippen LogP contribution in [0.5, 0.6) is 11.5 Å². The van der Waals surface area contributed by atoms with Crippen molar-refractivity contribution in [2.75, 3.05) is 13.2 Å². The second-order valence-corrected chi connectivity index (χ2v) is 7.99. The van der Waals surface area contributed by atoms with Gasteiger partial charge in [0, 0.05) is 18.7 Å². The van der Waals surface area contributed by atoms with E-state index in [0.29, 0.717) is 30.7 Å². The predicted molar refractivity (Wildman–Crippen MR) is 91.4 cm³/mol. The molecule has 128 valence electrons. The molecule has 0 saturated carbocycles. The second-order valence-electron chi connectivity index (χ2n) is 6.04. The Morgan fingerprint density at radius 1 is 1.08 bits per heavy atom. The van der Waals surface area contributed by atoms with E-state index in [1.54, 1.807) is 48.5 Å². The third-order valence-corrected chi connectivity index (χ3v) is 5.52. The summed E-state index contributed by atoms with van der Waals surface area (Å²) in [6.45, 7) is 5.20. The van der Waals surface area contributed by atoms with Crippen LogP contribution in [0.25, 0.3) is 0 Å². The summed E-state index contributed by atoms with van der Waals surface area (Å²) in [6.07, 6.45) is -0.144. The first kappa shape index (κ1) is 16.8. The maximum Gasteiger partial charge on any atom is 0.206 e. The molecule has 0 bridgehead atoms. The van der Waals surface area contributed by atoms with Gasteiger partial charge in [-0.3, -0.25) is 0 Å². The van der Waals surface area contributed by atoms with Crippen molar-refractivity contribution in [3.63, 3.8) is 0 Å². The minimum atomic E-state index is -3.57. The third-order valence-electron chi connectivity index (χ3n) is 3.75. The van der Waals surface area contributed by atoms with Gasteiger partial charge in [0.25, 0.3) is 0 Å². The Morgan fingerprint density at radius 3 is 2.54 bits per heavy atom. The Morgan fingerprint density at radius 2 is 1.83 bits per heavy atom. The lowest BCUT2D eigenvalue weighted by atomic mass is 10.2. The van der Waals surface area contributed by atoms with Crippen LogP contribution in [0.4, 0.5) is 0 Å². The van der Waals surface area contributed by atoms with Crippen LogP contribution < -0.4 is 14.8 Å². The summed E-state index contributed by atoms with van der Waals surface area (Å²) in [5.41, 5.74) is 0. The first-order valence-corrected chi connectivity index (χ1v) is 9.42. The van der Waals surface area contributed by atoms with Gasteiger partial charge in [-0.25, -0.2) is 8.42 Å². The van der Waals surface area contributed by atoms with Crippen LogP contribution in [-0.4, -0.2) is 33.7 Å². The van der Waals surface area contributed by atoms with Crippen LogP contribution in [0.2, 0.25) is 0 Å². The lowest BCUT2D eigenvalue weighted by molar-refractivity contribution is 0.0886. The molecule has 1 heterocycles. The van der Waals surface area contributed by atoms with Crippen molar-refractivity contribution in [2.24, 2.45) is 0 Å². The highest BCUT2D eigenvalue weighted by Gasteiger charge is 2.25. The average molecular weight is 347 g/mol. The molecule has 0 saturated heterocycles. The summed E-state index contributed by atoms with van der Waals surface area (Å²) in [4.78, 5) is 0.466. The Kier molecular flexibility index (Phi) is 4.78. The molecular formula is C18H21NO4S. The van der Waals surface area contributed by atoms with Gasteiger partial charge in [0.05, 0.1) is 9.79 Å². The molecular weight excluding hydrogens is 326 g/mol. The molecule has 1 N–H and O–H groups in total. The first-order chi connectivity index (χ1) is 11.5. The van der Waals surface area contributed by atoms with Crippen LogP contribution in [-0.2, 0) is 9.84 Å². The predicted octanol–water partition coefficient (Wildman–Crippen LogP) is 2.66. The molecule has 2 aromatic rings. The zero-order valence-corrected chi connectivity index (χ0v) is 14.5. The van der Waals surface area contributed by atoms with Gasteiger partial charge in [0.15, 0.2) is 11.5 Å². The highest BCUT2D eigenvalue weighted by atomic mass is 32.2. The van der Waals surface area contributed by atoms with Crippen molar-refractivity contribution in [1.29, 1.82) is 0 Å². The molecule has 2 aromatic carbocycles. The van der Waals surface area contributed by atoms with Crippen LogP contribution >= 0.6 is 0 Å². The van der Waals surface area contributed by atoms with E-state index in [-0.39, 0.29) is 15.9 Å². The monoisotopic (exact) mass is 347 g/mol. The number of hydrogen-bond acceptors (Lipinski definition) is 5. The van der Waals surface area contributed by atoms with Gasteiger partial charge in [-0.1, -0.05) is 32.0 Å². The fourth-order valence-corrected chi connectivity index (χ4v) is 3.76. The Hall–Kier alpha value is -2.05. The van der Waals surface area contributed by atoms with Crippen LogP contribution in [0, 0.1) is 0 Å². The Labute approximate surface area is 142 Å². The van der Waals surface area contributed by atoms with E-state index in [1.807, 2.05) is 0 Å². The van der Waals surface area contributed by atoms with Crippen molar-refractivity contribution in [3.05, 3.63) is 48.5 Å². The summed E-state index contributed by atoms with van der Waals surface area (Å²) >= 11 is 0. The number of rotatable bonds is 5. The number of hydrogen-bond donors (Lipinski definition) is 1. The molecule has 24 heavy (non-hydrogen) atoms. The van der Waals surface area contributed by atoms with Gasteiger partial charge in [0.1, 0.15) is 12.7 Å². The number of fused-ring (bicyclic) bond motifs is 1. The van der Waals surface area contributed by atoms with Gasteiger partial charge in [-0.2, -0.15) is 0 Å². The van der Waals surface area contributed by atoms with Crippen molar-refractivity contribution in [3.8, 4) is 11.5 Å². The molecule has 3 rings (SSSR count). The van der Waals surface area contributed by atoms with Crippen molar-refractivity contribution in [1.82, 2.24) is 5.32 Å². The zero-order valence-electron chi connectivity index (χ0n) is 13.7. The maximum atomic E-state index is 12.7. The number of ether oxygens (including phenoxy) is 2. The quantitative estimate of drug-likeness (QED) is 0.901. The minimum absolute atomic E-state index is 0.144. The van der Waals surface area contributed by atoms with Crippen LogP contribution in [0.3, 0.4) is 0 Å². The fraction of sp³-hybridized carbons (Fsp3) is 0.333. The molecule has 1 aliphatic rings. The Balaban J connectivity index is 1.85. The molecule has 0 aliphatic carbocycles. The smallest absolute Gasteiger partial charge is 0.206 e. The second kappa shape index (κ2) is 6.83. The highest BCUT2D eigenvalue weighted by molar-refractivity contribution is 7.91. The molecule has 5 nitrogen and oxygen atoms in total. The van der Waals surface area contributed by atoms with E-state index in [0.717, 1.165) is 0 Å².